The zero-order valence-corrected chi connectivity index (χ0v) is 10.3. The van der Waals surface area contributed by atoms with Gasteiger partial charge in [-0.25, -0.2) is 9.59 Å². The van der Waals surface area contributed by atoms with Crippen LogP contribution in [0.2, 0.25) is 0 Å². The van der Waals surface area contributed by atoms with Crippen LogP contribution in [0.15, 0.2) is 36.7 Å². The van der Waals surface area contributed by atoms with Gasteiger partial charge in [0.05, 0.1) is 11.9 Å². The van der Waals surface area contributed by atoms with E-state index >= 15 is 0 Å². The van der Waals surface area contributed by atoms with Crippen LogP contribution in [0.25, 0.3) is 0 Å². The number of benzene rings is 1. The molecule has 104 valence electrons. The Morgan fingerprint density at radius 2 is 2.10 bits per heavy atom. The van der Waals surface area contributed by atoms with E-state index in [2.05, 4.69) is 20.8 Å². The summed E-state index contributed by atoms with van der Waals surface area (Å²) in [5.74, 6) is -0.713. The topological polar surface area (TPSA) is 116 Å². The summed E-state index contributed by atoms with van der Waals surface area (Å²) >= 11 is 0. The van der Waals surface area contributed by atoms with Gasteiger partial charge < -0.3 is 20.5 Å². The fraction of sp³-hybridized carbons (Fsp3) is 0.0833. The molecule has 1 aromatic carbocycles. The molecule has 0 bridgehead atoms. The van der Waals surface area contributed by atoms with Crippen molar-refractivity contribution >= 4 is 23.4 Å². The number of ether oxygens (including phenoxy) is 1. The summed E-state index contributed by atoms with van der Waals surface area (Å²) in [5.41, 5.74) is 1.01. The van der Waals surface area contributed by atoms with E-state index in [0.717, 1.165) is 0 Å². The largest absolute Gasteiger partial charge is 0.482 e. The summed E-state index contributed by atoms with van der Waals surface area (Å²) in [6.07, 6.45) is 3.00. The molecule has 0 saturated carbocycles. The summed E-state index contributed by atoms with van der Waals surface area (Å²) in [7, 11) is 0. The second-order valence-corrected chi connectivity index (χ2v) is 3.78. The Balaban J connectivity index is 1.93. The second-order valence-electron chi connectivity index (χ2n) is 3.78. The molecule has 2 amide bonds. The Kier molecular flexibility index (Phi) is 4.17. The van der Waals surface area contributed by atoms with Crippen molar-refractivity contribution in [1.82, 2.24) is 10.2 Å². The molecule has 2 aromatic rings. The highest BCUT2D eigenvalue weighted by Crippen LogP contribution is 2.17. The standard InChI is InChI=1S/C12H12N4O4/c17-11(18)7-20-10-3-1-2-8(4-10)15-12(19)16-9-5-13-14-6-9/h1-6H,7H2,(H,13,14)(H,17,18)(H2,15,16,19). The number of carbonyl (C=O) groups is 2. The van der Waals surface area contributed by atoms with E-state index in [0.29, 0.717) is 17.1 Å². The molecule has 4 N–H and O–H groups in total. The van der Waals surface area contributed by atoms with Gasteiger partial charge in [-0.1, -0.05) is 6.07 Å². The molecule has 0 atom stereocenters. The van der Waals surface area contributed by atoms with Crippen molar-refractivity contribution in [1.29, 1.82) is 0 Å². The Bertz CT molecular complexity index is 597. The van der Waals surface area contributed by atoms with Gasteiger partial charge in [-0.3, -0.25) is 5.10 Å². The zero-order chi connectivity index (χ0) is 14.4. The number of aromatic nitrogens is 2. The van der Waals surface area contributed by atoms with Crippen LogP contribution in [0.4, 0.5) is 16.2 Å². The summed E-state index contributed by atoms with van der Waals surface area (Å²) in [4.78, 5) is 22.1. The first-order chi connectivity index (χ1) is 9.63. The van der Waals surface area contributed by atoms with Gasteiger partial charge in [-0.05, 0) is 12.1 Å². The molecule has 0 fully saturated rings. The highest BCUT2D eigenvalue weighted by atomic mass is 16.5. The molecule has 8 heteroatoms. The smallest absolute Gasteiger partial charge is 0.341 e. The van der Waals surface area contributed by atoms with Crippen LogP contribution in [0.3, 0.4) is 0 Å². The molecule has 0 unspecified atom stereocenters. The van der Waals surface area contributed by atoms with Crippen LogP contribution in [-0.4, -0.2) is 33.9 Å². The number of nitrogens with zero attached hydrogens (tertiary/aromatic N) is 1. The Morgan fingerprint density at radius 3 is 2.80 bits per heavy atom. The van der Waals surface area contributed by atoms with Crippen molar-refractivity contribution in [2.75, 3.05) is 17.2 Å². The number of urea groups is 1. The number of amides is 2. The maximum absolute atomic E-state index is 11.7. The molecule has 1 aromatic heterocycles. The molecule has 0 aliphatic heterocycles. The van der Waals surface area contributed by atoms with Gasteiger partial charge in [0.15, 0.2) is 6.61 Å². The molecular formula is C12H12N4O4. The first-order valence-corrected chi connectivity index (χ1v) is 5.65. The highest BCUT2D eigenvalue weighted by molar-refractivity contribution is 5.99. The number of aromatic amines is 1. The van der Waals surface area contributed by atoms with Crippen molar-refractivity contribution in [3.05, 3.63) is 36.7 Å². The number of aliphatic carboxylic acids is 1. The van der Waals surface area contributed by atoms with E-state index in [1.165, 1.54) is 18.5 Å². The van der Waals surface area contributed by atoms with Gasteiger partial charge in [-0.15, -0.1) is 0 Å². The highest BCUT2D eigenvalue weighted by Gasteiger charge is 2.05. The summed E-state index contributed by atoms with van der Waals surface area (Å²) in [6.45, 7) is -0.440. The van der Waals surface area contributed by atoms with Gasteiger partial charge in [0, 0.05) is 18.0 Å². The van der Waals surface area contributed by atoms with E-state index in [1.54, 1.807) is 18.2 Å². The number of carbonyl (C=O) groups excluding carboxylic acids is 1. The predicted octanol–water partition coefficient (Wildman–Crippen LogP) is 1.52. The number of H-pyrrole nitrogens is 1. The summed E-state index contributed by atoms with van der Waals surface area (Å²) < 4.78 is 5.01. The van der Waals surface area contributed by atoms with Crippen LogP contribution in [0.5, 0.6) is 5.75 Å². The fourth-order valence-corrected chi connectivity index (χ4v) is 1.42. The van der Waals surface area contributed by atoms with Gasteiger partial charge in [0.25, 0.3) is 0 Å². The summed E-state index contributed by atoms with van der Waals surface area (Å²) in [5, 5.41) is 19.9. The fourth-order valence-electron chi connectivity index (χ4n) is 1.42. The molecule has 0 radical (unpaired) electrons. The Labute approximate surface area is 113 Å². The van der Waals surface area contributed by atoms with E-state index in [9.17, 15) is 9.59 Å². The van der Waals surface area contributed by atoms with E-state index in [4.69, 9.17) is 9.84 Å². The zero-order valence-electron chi connectivity index (χ0n) is 10.3. The Hall–Kier alpha value is -3.03. The Morgan fingerprint density at radius 1 is 1.30 bits per heavy atom. The molecule has 0 saturated heterocycles. The van der Waals surface area contributed by atoms with Crippen LogP contribution in [0.1, 0.15) is 0 Å². The third-order valence-corrected chi connectivity index (χ3v) is 2.21. The van der Waals surface area contributed by atoms with Crippen LogP contribution >= 0.6 is 0 Å². The second kappa shape index (κ2) is 6.23. The monoisotopic (exact) mass is 276 g/mol. The lowest BCUT2D eigenvalue weighted by Crippen LogP contribution is -2.19. The lowest BCUT2D eigenvalue weighted by atomic mass is 10.3. The van der Waals surface area contributed by atoms with Gasteiger partial charge in [-0.2, -0.15) is 5.10 Å². The normalized spacial score (nSPS) is 9.80. The van der Waals surface area contributed by atoms with Gasteiger partial charge in [0.1, 0.15) is 5.75 Å². The number of carboxylic acids is 1. The minimum absolute atomic E-state index is 0.355. The number of hydrogen-bond donors (Lipinski definition) is 4. The number of nitrogens with one attached hydrogen (secondary N) is 3. The first kappa shape index (κ1) is 13.4. The van der Waals surface area contributed by atoms with E-state index in [-0.39, 0.29) is 0 Å². The third kappa shape index (κ3) is 4.02. The summed E-state index contributed by atoms with van der Waals surface area (Å²) in [6, 6.07) is 5.98. The quantitative estimate of drug-likeness (QED) is 0.660. The van der Waals surface area contributed by atoms with Crippen molar-refractivity contribution in [3.8, 4) is 5.75 Å². The minimum Gasteiger partial charge on any atom is -0.482 e. The van der Waals surface area contributed by atoms with Crippen molar-refractivity contribution < 1.29 is 19.4 Å². The molecule has 20 heavy (non-hydrogen) atoms. The predicted molar refractivity (Wildman–Crippen MR) is 70.8 cm³/mol. The molecule has 2 rings (SSSR count). The SMILES string of the molecule is O=C(O)COc1cccc(NC(=O)Nc2cn[nH]c2)c1. The van der Waals surface area contributed by atoms with Crippen LogP contribution in [0, 0.1) is 0 Å². The molecule has 8 nitrogen and oxygen atoms in total. The third-order valence-electron chi connectivity index (χ3n) is 2.21. The van der Waals surface area contributed by atoms with Crippen molar-refractivity contribution in [3.63, 3.8) is 0 Å². The maximum Gasteiger partial charge on any atom is 0.341 e. The van der Waals surface area contributed by atoms with Crippen molar-refractivity contribution in [2.24, 2.45) is 0 Å². The average Bonchev–Trinajstić information content (AvgIpc) is 2.89. The molecule has 0 aliphatic rings. The first-order valence-electron chi connectivity index (χ1n) is 5.65. The maximum atomic E-state index is 11.7. The number of rotatable bonds is 5. The van der Waals surface area contributed by atoms with E-state index < -0.39 is 18.6 Å². The van der Waals surface area contributed by atoms with E-state index in [1.807, 2.05) is 0 Å². The van der Waals surface area contributed by atoms with Crippen molar-refractivity contribution in [2.45, 2.75) is 0 Å². The van der Waals surface area contributed by atoms with Crippen LogP contribution < -0.4 is 15.4 Å². The lowest BCUT2D eigenvalue weighted by Gasteiger charge is -2.08. The van der Waals surface area contributed by atoms with Gasteiger partial charge in [0.2, 0.25) is 0 Å². The molecular weight excluding hydrogens is 264 g/mol. The average molecular weight is 276 g/mol. The molecule has 0 spiro atoms. The molecule has 1 heterocycles. The number of hydrogen-bond acceptors (Lipinski definition) is 4. The lowest BCUT2D eigenvalue weighted by molar-refractivity contribution is -0.139. The number of carboxylic acid groups (broad SMARTS) is 1. The molecule has 0 aliphatic carbocycles. The van der Waals surface area contributed by atoms with Crippen LogP contribution in [-0.2, 0) is 4.79 Å². The number of anilines is 2. The minimum atomic E-state index is -1.07. The van der Waals surface area contributed by atoms with Gasteiger partial charge >= 0.3 is 12.0 Å².